The van der Waals surface area contributed by atoms with E-state index in [-0.39, 0.29) is 0 Å². The van der Waals surface area contributed by atoms with Crippen molar-refractivity contribution in [3.63, 3.8) is 0 Å². The molecule has 136 valence electrons. The van der Waals surface area contributed by atoms with Crippen molar-refractivity contribution in [3.05, 3.63) is 87.1 Å². The molecule has 0 aliphatic carbocycles. The first-order chi connectivity index (χ1) is 13.1. The van der Waals surface area contributed by atoms with Crippen molar-refractivity contribution < 1.29 is 4.74 Å². The number of para-hydroxylation sites is 1. The summed E-state index contributed by atoms with van der Waals surface area (Å²) in [6.07, 6.45) is 2.78. The van der Waals surface area contributed by atoms with Gasteiger partial charge in [-0.05, 0) is 52.7 Å². The standard InChI is InChI=1S/C22H18BrClN2O/c1-14-11-17(23)13-26-19(12-16-5-3-4-6-20(16)27-2)21(25-22(14)26)15-7-9-18(24)10-8-15/h3-11,13H,12H2,1-2H3. The number of hydrogen-bond acceptors (Lipinski definition) is 2. The van der Waals surface area contributed by atoms with Crippen molar-refractivity contribution in [3.8, 4) is 17.0 Å². The molecule has 3 nitrogen and oxygen atoms in total. The van der Waals surface area contributed by atoms with Gasteiger partial charge in [0.15, 0.2) is 0 Å². The van der Waals surface area contributed by atoms with Crippen LogP contribution < -0.4 is 4.74 Å². The second-order valence-electron chi connectivity index (χ2n) is 6.44. The number of pyridine rings is 1. The summed E-state index contributed by atoms with van der Waals surface area (Å²) in [6.45, 7) is 2.08. The van der Waals surface area contributed by atoms with Crippen LogP contribution in [0.4, 0.5) is 0 Å². The molecule has 4 rings (SSSR count). The molecule has 0 saturated heterocycles. The monoisotopic (exact) mass is 440 g/mol. The zero-order chi connectivity index (χ0) is 19.0. The van der Waals surface area contributed by atoms with Crippen molar-refractivity contribution in [2.45, 2.75) is 13.3 Å². The molecular weight excluding hydrogens is 424 g/mol. The van der Waals surface area contributed by atoms with Crippen LogP contribution in [0.1, 0.15) is 16.8 Å². The van der Waals surface area contributed by atoms with Gasteiger partial charge in [0.2, 0.25) is 0 Å². The van der Waals surface area contributed by atoms with Crippen LogP contribution in [0.15, 0.2) is 65.3 Å². The number of aromatic nitrogens is 2. The average molecular weight is 442 g/mol. The predicted octanol–water partition coefficient (Wildman–Crippen LogP) is 6.33. The zero-order valence-electron chi connectivity index (χ0n) is 15.0. The average Bonchev–Trinajstić information content (AvgIpc) is 3.01. The molecule has 2 aromatic carbocycles. The Labute approximate surface area is 171 Å². The molecule has 2 heterocycles. The SMILES string of the molecule is COc1ccccc1Cc1c(-c2ccc(Cl)cc2)nc2c(C)cc(Br)cn12. The number of fused-ring (bicyclic) bond motifs is 1. The molecule has 5 heteroatoms. The fourth-order valence-corrected chi connectivity index (χ4v) is 4.03. The Morgan fingerprint density at radius 1 is 1.11 bits per heavy atom. The van der Waals surface area contributed by atoms with Crippen molar-refractivity contribution in [1.82, 2.24) is 9.38 Å². The highest BCUT2D eigenvalue weighted by molar-refractivity contribution is 9.10. The van der Waals surface area contributed by atoms with E-state index in [4.69, 9.17) is 21.3 Å². The van der Waals surface area contributed by atoms with Gasteiger partial charge in [-0.3, -0.25) is 0 Å². The molecule has 0 aliphatic rings. The smallest absolute Gasteiger partial charge is 0.140 e. The number of nitrogens with zero attached hydrogens (tertiary/aromatic N) is 2. The van der Waals surface area contributed by atoms with Crippen molar-refractivity contribution >= 4 is 33.2 Å². The quantitative estimate of drug-likeness (QED) is 0.370. The van der Waals surface area contributed by atoms with Crippen LogP contribution in [0.2, 0.25) is 5.02 Å². The third-order valence-electron chi connectivity index (χ3n) is 4.64. The largest absolute Gasteiger partial charge is 0.496 e. The first-order valence-corrected chi connectivity index (χ1v) is 9.79. The van der Waals surface area contributed by atoms with Gasteiger partial charge in [-0.1, -0.05) is 41.9 Å². The predicted molar refractivity (Wildman–Crippen MR) is 114 cm³/mol. The van der Waals surface area contributed by atoms with Gasteiger partial charge in [0.1, 0.15) is 11.4 Å². The van der Waals surface area contributed by atoms with Crippen LogP contribution in [-0.4, -0.2) is 16.5 Å². The Morgan fingerprint density at radius 2 is 1.85 bits per heavy atom. The van der Waals surface area contributed by atoms with Crippen LogP contribution >= 0.6 is 27.5 Å². The topological polar surface area (TPSA) is 26.5 Å². The summed E-state index contributed by atoms with van der Waals surface area (Å²) in [4.78, 5) is 4.96. The molecule has 0 aliphatic heterocycles. The molecule has 0 fully saturated rings. The van der Waals surface area contributed by atoms with Gasteiger partial charge in [0.25, 0.3) is 0 Å². The number of hydrogen-bond donors (Lipinski definition) is 0. The van der Waals surface area contributed by atoms with E-state index >= 15 is 0 Å². The molecule has 0 amide bonds. The van der Waals surface area contributed by atoms with Crippen LogP contribution in [0.5, 0.6) is 5.75 Å². The summed E-state index contributed by atoms with van der Waals surface area (Å²) < 4.78 is 8.74. The Balaban J connectivity index is 1.95. The maximum Gasteiger partial charge on any atom is 0.140 e. The van der Waals surface area contributed by atoms with Gasteiger partial charge in [-0.2, -0.15) is 0 Å². The molecule has 0 spiro atoms. The maximum absolute atomic E-state index is 6.08. The van der Waals surface area contributed by atoms with Crippen LogP contribution in [0.25, 0.3) is 16.9 Å². The van der Waals surface area contributed by atoms with Crippen molar-refractivity contribution in [2.24, 2.45) is 0 Å². The van der Waals surface area contributed by atoms with Gasteiger partial charge >= 0.3 is 0 Å². The van der Waals surface area contributed by atoms with Crippen molar-refractivity contribution in [1.29, 1.82) is 0 Å². The summed E-state index contributed by atoms with van der Waals surface area (Å²) >= 11 is 9.70. The Hall–Kier alpha value is -2.30. The molecule has 4 aromatic rings. The molecule has 0 bridgehead atoms. The highest BCUT2D eigenvalue weighted by atomic mass is 79.9. The first kappa shape index (κ1) is 18.1. The Kier molecular flexibility index (Phi) is 4.94. The zero-order valence-corrected chi connectivity index (χ0v) is 17.4. The lowest BCUT2D eigenvalue weighted by Crippen LogP contribution is -1.99. The number of methoxy groups -OCH3 is 1. The van der Waals surface area contributed by atoms with E-state index in [2.05, 4.69) is 45.6 Å². The summed E-state index contributed by atoms with van der Waals surface area (Å²) in [5.74, 6) is 0.876. The summed E-state index contributed by atoms with van der Waals surface area (Å²) in [5.41, 5.74) is 6.30. The van der Waals surface area contributed by atoms with Gasteiger partial charge < -0.3 is 9.14 Å². The van der Waals surface area contributed by atoms with Crippen LogP contribution in [-0.2, 0) is 6.42 Å². The minimum absolute atomic E-state index is 0.707. The number of benzene rings is 2. The summed E-state index contributed by atoms with van der Waals surface area (Å²) in [5, 5.41) is 0.715. The van der Waals surface area contributed by atoms with Gasteiger partial charge in [-0.15, -0.1) is 0 Å². The Bertz CT molecular complexity index is 1120. The van der Waals surface area contributed by atoms with E-state index < -0.39 is 0 Å². The molecule has 0 saturated carbocycles. The van der Waals surface area contributed by atoms with Gasteiger partial charge in [0, 0.05) is 33.2 Å². The maximum atomic E-state index is 6.08. The molecule has 0 atom stereocenters. The highest BCUT2D eigenvalue weighted by Gasteiger charge is 2.18. The third kappa shape index (κ3) is 3.47. The fraction of sp³-hybridized carbons (Fsp3) is 0.136. The molecule has 2 aromatic heterocycles. The minimum atomic E-state index is 0.707. The third-order valence-corrected chi connectivity index (χ3v) is 5.32. The van der Waals surface area contributed by atoms with Crippen LogP contribution in [0, 0.1) is 6.92 Å². The van der Waals surface area contributed by atoms with Gasteiger partial charge in [0.05, 0.1) is 18.5 Å². The summed E-state index contributed by atoms with van der Waals surface area (Å²) in [7, 11) is 1.70. The number of imidazole rings is 1. The second-order valence-corrected chi connectivity index (χ2v) is 7.79. The number of ether oxygens (including phenoxy) is 1. The first-order valence-electron chi connectivity index (χ1n) is 8.61. The van der Waals surface area contributed by atoms with E-state index in [1.54, 1.807) is 7.11 Å². The number of halogens is 2. The molecular formula is C22H18BrClN2O. The van der Waals surface area contributed by atoms with Gasteiger partial charge in [-0.25, -0.2) is 4.98 Å². The molecule has 27 heavy (non-hydrogen) atoms. The molecule has 0 unspecified atom stereocenters. The number of rotatable bonds is 4. The highest BCUT2D eigenvalue weighted by Crippen LogP contribution is 2.31. The van der Waals surface area contributed by atoms with E-state index in [0.29, 0.717) is 11.4 Å². The molecule has 0 radical (unpaired) electrons. The second kappa shape index (κ2) is 7.37. The molecule has 0 N–H and O–H groups in total. The fourth-order valence-electron chi connectivity index (χ4n) is 3.35. The lowest BCUT2D eigenvalue weighted by Gasteiger charge is -2.10. The normalized spacial score (nSPS) is 11.1. The number of aryl methyl sites for hydroxylation is 1. The minimum Gasteiger partial charge on any atom is -0.496 e. The van der Waals surface area contributed by atoms with E-state index in [9.17, 15) is 0 Å². The summed E-state index contributed by atoms with van der Waals surface area (Å²) in [6, 6.07) is 18.0. The van der Waals surface area contributed by atoms with Crippen molar-refractivity contribution in [2.75, 3.05) is 7.11 Å². The lowest BCUT2D eigenvalue weighted by molar-refractivity contribution is 0.410. The van der Waals surface area contributed by atoms with Crippen LogP contribution in [0.3, 0.4) is 0 Å². The van der Waals surface area contributed by atoms with E-state index in [0.717, 1.165) is 43.9 Å². The van der Waals surface area contributed by atoms with E-state index in [1.807, 2.05) is 42.5 Å². The Morgan fingerprint density at radius 3 is 2.59 bits per heavy atom. The van der Waals surface area contributed by atoms with E-state index in [1.165, 1.54) is 0 Å². The lowest BCUT2D eigenvalue weighted by atomic mass is 10.0.